The van der Waals surface area contributed by atoms with Gasteiger partial charge < -0.3 is 42.0 Å². The summed E-state index contributed by atoms with van der Waals surface area (Å²) in [6, 6.07) is 8.23. The summed E-state index contributed by atoms with van der Waals surface area (Å²) in [7, 11) is 0. The van der Waals surface area contributed by atoms with Crippen molar-refractivity contribution < 1.29 is 22.2 Å². The maximum Gasteiger partial charge on any atom is 0.0919 e. The van der Waals surface area contributed by atoms with Gasteiger partial charge in [0.15, 0.2) is 23.1 Å². The largest absolute Gasteiger partial charge is 0.351 e. The first kappa shape index (κ1) is 41.2. The predicted octanol–water partition coefficient (Wildman–Crippen LogP) is 7.81. The molecule has 274 valence electrons. The Balaban J connectivity index is 0.000000234. The van der Waals surface area contributed by atoms with Gasteiger partial charge in [0, 0.05) is 34.4 Å². The number of nitrogens with zero attached hydrogens (tertiary/aromatic N) is 7. The van der Waals surface area contributed by atoms with Gasteiger partial charge >= 0.3 is 33.1 Å². The van der Waals surface area contributed by atoms with E-state index in [1.165, 1.54) is 18.0 Å². The number of halogens is 2. The number of H-pyrrole nitrogens is 1. The van der Waals surface area contributed by atoms with Crippen LogP contribution in [0, 0.1) is 17.4 Å². The molecule has 4 aromatic heterocycles. The molecule has 17 heteroatoms. The van der Waals surface area contributed by atoms with Crippen molar-refractivity contribution >= 4 is 66.5 Å². The summed E-state index contributed by atoms with van der Waals surface area (Å²) in [6.07, 6.45) is 13.4. The first-order chi connectivity index (χ1) is 24.3. The third kappa shape index (κ3) is 11.9. The molecule has 0 unspecified atom stereocenters. The minimum absolute atomic E-state index is 0.118. The number of aryl methyl sites for hydroxylation is 2. The monoisotopic (exact) mass is 966 g/mol. The molecule has 0 aliphatic rings. The second kappa shape index (κ2) is 20.0. The second-order valence-electron chi connectivity index (χ2n) is 11.5. The molecule has 0 aliphatic carbocycles. The Hall–Kier alpha value is -4.20. The SMILES string of the molecule is Cc1cc(C(C)C)c(Oc2cnc(N)nc2N)cc1-n1ccnc1.Cc1cc(C(C)C)c(Oc2cnc(N)nc2N)cc1I.[Cu][I].c1c[nH]cn1. The van der Waals surface area contributed by atoms with E-state index in [4.69, 9.17) is 32.4 Å². The molecule has 4 heterocycles. The molecule has 0 fully saturated rings. The van der Waals surface area contributed by atoms with Crippen LogP contribution in [0.1, 0.15) is 61.8 Å². The predicted molar refractivity (Wildman–Crippen MR) is 215 cm³/mol. The van der Waals surface area contributed by atoms with Crippen LogP contribution in [0.25, 0.3) is 5.69 Å². The quantitative estimate of drug-likeness (QED) is 0.0764. The van der Waals surface area contributed by atoms with Gasteiger partial charge in [-0.2, -0.15) is 9.97 Å². The van der Waals surface area contributed by atoms with Crippen LogP contribution in [0.3, 0.4) is 0 Å². The van der Waals surface area contributed by atoms with E-state index in [0.29, 0.717) is 23.2 Å². The average molecular weight is 967 g/mol. The molecule has 0 saturated carbocycles. The van der Waals surface area contributed by atoms with Crippen molar-refractivity contribution in [3.05, 3.63) is 99.9 Å². The van der Waals surface area contributed by atoms with Gasteiger partial charge in [-0.3, -0.25) is 0 Å². The van der Waals surface area contributed by atoms with Crippen LogP contribution in [-0.4, -0.2) is 39.5 Å². The molecule has 0 amide bonds. The minimum atomic E-state index is 0.118. The number of nitrogen functional groups attached to an aromatic ring is 4. The van der Waals surface area contributed by atoms with E-state index in [1.54, 1.807) is 51.6 Å². The zero-order valence-corrected chi connectivity index (χ0v) is 34.2. The Kier molecular flexibility index (Phi) is 16.2. The molecule has 0 saturated heterocycles. The van der Waals surface area contributed by atoms with Crippen molar-refractivity contribution in [1.29, 1.82) is 0 Å². The number of aromatic amines is 1. The number of hydrogen-bond donors (Lipinski definition) is 5. The summed E-state index contributed by atoms with van der Waals surface area (Å²) in [5.41, 5.74) is 28.3. The average Bonchev–Trinajstić information content (AvgIpc) is 3.85. The molecule has 0 spiro atoms. The normalized spacial score (nSPS) is 10.4. The third-order valence-corrected chi connectivity index (χ3v) is 8.26. The van der Waals surface area contributed by atoms with Crippen LogP contribution in [0.2, 0.25) is 0 Å². The van der Waals surface area contributed by atoms with E-state index in [-0.39, 0.29) is 29.5 Å². The van der Waals surface area contributed by atoms with E-state index >= 15 is 0 Å². The Morgan fingerprint density at radius 2 is 1.25 bits per heavy atom. The fourth-order valence-corrected chi connectivity index (χ4v) is 4.99. The molecule has 0 aliphatic heterocycles. The number of nitrogens with two attached hydrogens (primary N) is 4. The van der Waals surface area contributed by atoms with Crippen molar-refractivity contribution in [2.75, 3.05) is 22.9 Å². The first-order valence-electron chi connectivity index (χ1n) is 15.4. The Morgan fingerprint density at radius 1 is 0.725 bits per heavy atom. The van der Waals surface area contributed by atoms with E-state index < -0.39 is 0 Å². The van der Waals surface area contributed by atoms with Gasteiger partial charge in [0.2, 0.25) is 11.9 Å². The number of rotatable bonds is 7. The molecule has 9 N–H and O–H groups in total. The number of aromatic nitrogens is 8. The molecule has 51 heavy (non-hydrogen) atoms. The summed E-state index contributed by atoms with van der Waals surface area (Å²) in [4.78, 5) is 26.2. The Morgan fingerprint density at radius 3 is 1.67 bits per heavy atom. The maximum atomic E-state index is 6.01. The van der Waals surface area contributed by atoms with Crippen LogP contribution in [-0.2, 0) is 12.8 Å². The molecule has 0 radical (unpaired) electrons. The maximum absolute atomic E-state index is 6.01. The van der Waals surface area contributed by atoms with Crippen molar-refractivity contribution in [1.82, 2.24) is 39.5 Å². The van der Waals surface area contributed by atoms with Crippen molar-refractivity contribution in [3.63, 3.8) is 0 Å². The number of benzene rings is 2. The van der Waals surface area contributed by atoms with Gasteiger partial charge in [0.25, 0.3) is 0 Å². The standard InChI is InChI=1S/C17H20N6O.C14H17IN4O.C3H4N2.Cu.HI/c1-10(2)12-6-11(3)13(23-5-4-20-9-23)7-14(12)24-15-8-21-17(19)22-16(15)18;1-7(2)9-4-8(3)10(15)5-11(9)20-12-6-18-14(17)19-13(12)16;1-2-5-3-4-1;;/h4-10H,1-3H3,(H4,18,19,21,22);4-7H,1-3H3,(H4,16,17,18,19);1-3H,(H,4,5);;1H/q;;;+1;/p-1. The molecule has 0 atom stereocenters. The summed E-state index contributed by atoms with van der Waals surface area (Å²) in [5, 5.41) is 0. The van der Waals surface area contributed by atoms with Crippen LogP contribution >= 0.6 is 42.9 Å². The summed E-state index contributed by atoms with van der Waals surface area (Å²) < 4.78 is 15.0. The fourth-order valence-electron chi connectivity index (χ4n) is 4.55. The van der Waals surface area contributed by atoms with Gasteiger partial charge in [-0.1, -0.05) is 39.8 Å². The number of imidazole rings is 2. The zero-order chi connectivity index (χ0) is 37.7. The molecule has 2 aromatic carbocycles. The van der Waals surface area contributed by atoms with Crippen LogP contribution in [0.4, 0.5) is 23.5 Å². The topological polar surface area (TPSA) is 221 Å². The molecule has 0 bridgehead atoms. The van der Waals surface area contributed by atoms with Crippen molar-refractivity contribution in [2.24, 2.45) is 0 Å². The van der Waals surface area contributed by atoms with E-state index in [2.05, 4.69) is 124 Å². The number of anilines is 4. The number of hydrogen-bond acceptors (Lipinski definition) is 12. The summed E-state index contributed by atoms with van der Waals surface area (Å²) >= 11 is 8.15. The van der Waals surface area contributed by atoms with Crippen molar-refractivity contribution in [2.45, 2.75) is 53.4 Å². The van der Waals surface area contributed by atoms with Gasteiger partial charge in [-0.15, -0.1) is 0 Å². The molecule has 6 aromatic rings. The van der Waals surface area contributed by atoms with Crippen LogP contribution in [0.5, 0.6) is 23.0 Å². The van der Waals surface area contributed by atoms with E-state index in [1.807, 2.05) is 22.9 Å². The van der Waals surface area contributed by atoms with Gasteiger partial charge in [-0.05, 0) is 76.6 Å². The van der Waals surface area contributed by atoms with Crippen molar-refractivity contribution in [3.8, 4) is 28.7 Å². The van der Waals surface area contributed by atoms with Crippen LogP contribution in [0.15, 0.2) is 74.1 Å². The van der Waals surface area contributed by atoms with Gasteiger partial charge in [-0.25, -0.2) is 19.9 Å². The zero-order valence-electron chi connectivity index (χ0n) is 28.9. The minimum Gasteiger partial charge on any atom is -0.351 e. The molecular weight excluding hydrogens is 926 g/mol. The molecule has 14 nitrogen and oxygen atoms in total. The number of nitrogens with one attached hydrogen (secondary N) is 1. The number of ether oxygens (including phenoxy) is 2. The first-order valence-corrected chi connectivity index (χ1v) is 19.5. The third-order valence-electron chi connectivity index (χ3n) is 7.09. The Labute approximate surface area is 330 Å². The van der Waals surface area contributed by atoms with Gasteiger partial charge in [0.1, 0.15) is 11.5 Å². The van der Waals surface area contributed by atoms with E-state index in [0.717, 1.165) is 31.7 Å². The molecular formula is C34H41CuI2N12O2. The molecule has 6 rings (SSSR count). The second-order valence-corrected chi connectivity index (χ2v) is 12.7. The van der Waals surface area contributed by atoms with Crippen LogP contribution < -0.4 is 32.4 Å². The summed E-state index contributed by atoms with van der Waals surface area (Å²) in [6.45, 7) is 12.6. The Bertz CT molecular complexity index is 1960. The fraction of sp³-hybridized carbons (Fsp3) is 0.235. The smallest absolute Gasteiger partial charge is 0.0919 e. The van der Waals surface area contributed by atoms with E-state index in [9.17, 15) is 0 Å². The summed E-state index contributed by atoms with van der Waals surface area (Å²) in [5.74, 6) is 3.61. The van der Waals surface area contributed by atoms with Gasteiger partial charge in [0.05, 0.1) is 30.7 Å².